The minimum Gasteiger partial charge on any atom is -0.337 e. The zero-order chi connectivity index (χ0) is 18.2. The lowest BCUT2D eigenvalue weighted by Gasteiger charge is -2.23. The Morgan fingerprint density at radius 1 is 0.893 bits per heavy atom. The molecule has 0 N–H and O–H groups in total. The molecule has 146 valence electrons. The number of rotatable bonds is 3. The van der Waals surface area contributed by atoms with Gasteiger partial charge in [0.2, 0.25) is 0 Å². The molecule has 3 heterocycles. The van der Waals surface area contributed by atoms with E-state index in [-0.39, 0.29) is 18.3 Å². The van der Waals surface area contributed by atoms with Crippen LogP contribution in [0.4, 0.5) is 0 Å². The van der Waals surface area contributed by atoms with Gasteiger partial charge in [-0.05, 0) is 74.1 Å². The third-order valence-corrected chi connectivity index (χ3v) is 6.10. The Morgan fingerprint density at radius 3 is 2.43 bits per heavy atom. The lowest BCUT2D eigenvalue weighted by Crippen LogP contribution is -2.37. The molecular formula is C23H26ClN3O. The van der Waals surface area contributed by atoms with E-state index >= 15 is 0 Å². The van der Waals surface area contributed by atoms with E-state index in [4.69, 9.17) is 0 Å². The van der Waals surface area contributed by atoms with Gasteiger partial charge >= 0.3 is 0 Å². The Kier molecular flexibility index (Phi) is 5.42. The lowest BCUT2D eigenvalue weighted by molar-refractivity contribution is 0.0780. The van der Waals surface area contributed by atoms with Gasteiger partial charge in [0, 0.05) is 36.6 Å². The van der Waals surface area contributed by atoms with Crippen LogP contribution in [0.15, 0.2) is 60.8 Å². The van der Waals surface area contributed by atoms with Crippen LogP contribution in [-0.2, 0) is 0 Å². The molecule has 2 saturated heterocycles. The monoisotopic (exact) mass is 395 g/mol. The first kappa shape index (κ1) is 19.0. The topological polar surface area (TPSA) is 28.5 Å². The molecule has 0 spiro atoms. The fraction of sp³-hybridized carbons (Fsp3) is 0.348. The van der Waals surface area contributed by atoms with Crippen LogP contribution in [0.2, 0.25) is 0 Å². The predicted octanol–water partition coefficient (Wildman–Crippen LogP) is 4.36. The fourth-order valence-electron chi connectivity index (χ4n) is 4.59. The Morgan fingerprint density at radius 2 is 1.64 bits per heavy atom. The first-order valence-corrected chi connectivity index (χ1v) is 9.99. The Labute approximate surface area is 172 Å². The number of benzene rings is 2. The maximum Gasteiger partial charge on any atom is 0.253 e. The number of carbonyl (C=O) groups excluding carboxylic acids is 1. The highest BCUT2D eigenvalue weighted by atomic mass is 35.5. The highest BCUT2D eigenvalue weighted by molar-refractivity contribution is 5.94. The van der Waals surface area contributed by atoms with E-state index in [1.165, 1.54) is 36.8 Å². The van der Waals surface area contributed by atoms with Crippen molar-refractivity contribution in [3.63, 3.8) is 0 Å². The molecule has 3 aromatic rings. The molecule has 1 atom stereocenters. The number of likely N-dealkylation sites (tertiary alicyclic amines) is 2. The number of nitrogens with zero attached hydrogens (tertiary/aromatic N) is 3. The van der Waals surface area contributed by atoms with Gasteiger partial charge in [-0.1, -0.05) is 18.2 Å². The Bertz CT molecular complexity index is 959. The molecular weight excluding hydrogens is 370 g/mol. The maximum absolute atomic E-state index is 12.9. The first-order chi connectivity index (χ1) is 13.3. The molecule has 0 aliphatic carbocycles. The van der Waals surface area contributed by atoms with Crippen molar-refractivity contribution in [2.24, 2.45) is 0 Å². The Balaban J connectivity index is 0.00000192. The molecule has 0 unspecified atom stereocenters. The highest BCUT2D eigenvalue weighted by Crippen LogP contribution is 2.23. The average Bonchev–Trinajstić information content (AvgIpc) is 3.47. The number of aromatic nitrogens is 1. The molecule has 2 aromatic carbocycles. The van der Waals surface area contributed by atoms with Gasteiger partial charge in [0.25, 0.3) is 5.91 Å². The van der Waals surface area contributed by atoms with Crippen molar-refractivity contribution in [1.29, 1.82) is 0 Å². The molecule has 0 radical (unpaired) electrons. The predicted molar refractivity (Wildman–Crippen MR) is 116 cm³/mol. The van der Waals surface area contributed by atoms with E-state index in [1.807, 2.05) is 29.2 Å². The molecule has 5 rings (SSSR count). The average molecular weight is 396 g/mol. The number of halogens is 1. The summed E-state index contributed by atoms with van der Waals surface area (Å²) in [6.45, 7) is 4.16. The zero-order valence-corrected chi connectivity index (χ0v) is 16.8. The molecule has 2 aliphatic rings. The molecule has 1 amide bonds. The van der Waals surface area contributed by atoms with Gasteiger partial charge in [-0.25, -0.2) is 0 Å². The van der Waals surface area contributed by atoms with Crippen LogP contribution in [0, 0.1) is 0 Å². The van der Waals surface area contributed by atoms with Gasteiger partial charge in [0.05, 0.1) is 5.52 Å². The van der Waals surface area contributed by atoms with E-state index < -0.39 is 0 Å². The molecule has 4 nitrogen and oxygen atoms in total. The molecule has 1 aromatic heterocycles. The standard InChI is InChI=1S/C23H25N3O.ClH/c27-23(25-15-12-21(17-25)24-13-3-4-14-24)19-7-9-20(10-8-19)26-16-11-18-5-1-2-6-22(18)26;/h1-2,5-11,16,21H,3-4,12-15,17H2;1H/t21-;/m0./s1. The van der Waals surface area contributed by atoms with Crippen LogP contribution in [0.25, 0.3) is 16.6 Å². The summed E-state index contributed by atoms with van der Waals surface area (Å²) in [7, 11) is 0. The summed E-state index contributed by atoms with van der Waals surface area (Å²) < 4.78 is 2.17. The molecule has 0 saturated carbocycles. The maximum atomic E-state index is 12.9. The third-order valence-electron chi connectivity index (χ3n) is 6.10. The van der Waals surface area contributed by atoms with Crippen molar-refractivity contribution in [3.05, 3.63) is 66.4 Å². The van der Waals surface area contributed by atoms with Gasteiger partial charge in [0.1, 0.15) is 0 Å². The van der Waals surface area contributed by atoms with Crippen LogP contribution in [-0.4, -0.2) is 52.5 Å². The summed E-state index contributed by atoms with van der Waals surface area (Å²) in [6.07, 6.45) is 5.81. The van der Waals surface area contributed by atoms with Crippen LogP contribution in [0.5, 0.6) is 0 Å². The normalized spacial score (nSPS) is 19.9. The second-order valence-electron chi connectivity index (χ2n) is 7.73. The minimum absolute atomic E-state index is 0. The van der Waals surface area contributed by atoms with E-state index in [1.54, 1.807) is 0 Å². The third kappa shape index (κ3) is 3.43. The molecule has 28 heavy (non-hydrogen) atoms. The summed E-state index contributed by atoms with van der Waals surface area (Å²) in [6, 6.07) is 19.1. The van der Waals surface area contributed by atoms with Gasteiger partial charge in [-0.3, -0.25) is 9.69 Å². The smallest absolute Gasteiger partial charge is 0.253 e. The largest absolute Gasteiger partial charge is 0.337 e. The summed E-state index contributed by atoms with van der Waals surface area (Å²) in [5, 5.41) is 1.22. The SMILES string of the molecule is Cl.O=C(c1ccc(-n2ccc3ccccc32)cc1)N1CC[C@H](N2CCCC2)C1. The van der Waals surface area contributed by atoms with Crippen LogP contribution >= 0.6 is 12.4 Å². The van der Waals surface area contributed by atoms with Crippen LogP contribution < -0.4 is 0 Å². The molecule has 2 fully saturated rings. The van der Waals surface area contributed by atoms with Crippen molar-refractivity contribution in [2.45, 2.75) is 25.3 Å². The van der Waals surface area contributed by atoms with Gasteiger partial charge in [0.15, 0.2) is 0 Å². The molecule has 5 heteroatoms. The summed E-state index contributed by atoms with van der Waals surface area (Å²) in [4.78, 5) is 17.5. The number of para-hydroxylation sites is 1. The van der Waals surface area contributed by atoms with E-state index in [0.29, 0.717) is 6.04 Å². The van der Waals surface area contributed by atoms with Crippen LogP contribution in [0.3, 0.4) is 0 Å². The van der Waals surface area contributed by atoms with E-state index in [0.717, 1.165) is 30.8 Å². The first-order valence-electron chi connectivity index (χ1n) is 9.99. The molecule has 2 aliphatic heterocycles. The number of amides is 1. The highest BCUT2D eigenvalue weighted by Gasteiger charge is 2.31. The summed E-state index contributed by atoms with van der Waals surface area (Å²) in [5.41, 5.74) is 3.06. The van der Waals surface area contributed by atoms with E-state index in [2.05, 4.69) is 46.0 Å². The van der Waals surface area contributed by atoms with Crippen LogP contribution in [0.1, 0.15) is 29.6 Å². The second kappa shape index (κ2) is 7.98. The van der Waals surface area contributed by atoms with Crippen molar-refractivity contribution in [1.82, 2.24) is 14.4 Å². The zero-order valence-electron chi connectivity index (χ0n) is 16.0. The number of hydrogen-bond donors (Lipinski definition) is 0. The van der Waals surface area contributed by atoms with Gasteiger partial charge in [-0.15, -0.1) is 12.4 Å². The lowest BCUT2D eigenvalue weighted by atomic mass is 10.1. The molecule has 0 bridgehead atoms. The quantitative estimate of drug-likeness (QED) is 0.659. The Hall–Kier alpha value is -2.30. The summed E-state index contributed by atoms with van der Waals surface area (Å²) >= 11 is 0. The minimum atomic E-state index is 0. The van der Waals surface area contributed by atoms with Crippen molar-refractivity contribution < 1.29 is 4.79 Å². The van der Waals surface area contributed by atoms with E-state index in [9.17, 15) is 4.79 Å². The van der Waals surface area contributed by atoms with Gasteiger partial charge < -0.3 is 9.47 Å². The van der Waals surface area contributed by atoms with Crippen molar-refractivity contribution >= 4 is 29.2 Å². The number of fused-ring (bicyclic) bond motifs is 1. The number of carbonyl (C=O) groups is 1. The summed E-state index contributed by atoms with van der Waals surface area (Å²) in [5.74, 6) is 0.167. The van der Waals surface area contributed by atoms with Crippen molar-refractivity contribution in [2.75, 3.05) is 26.2 Å². The second-order valence-corrected chi connectivity index (χ2v) is 7.73. The fourth-order valence-corrected chi connectivity index (χ4v) is 4.59. The number of hydrogen-bond acceptors (Lipinski definition) is 2. The van der Waals surface area contributed by atoms with Crippen molar-refractivity contribution in [3.8, 4) is 5.69 Å². The van der Waals surface area contributed by atoms with Gasteiger partial charge in [-0.2, -0.15) is 0 Å².